The smallest absolute Gasteiger partial charge is 0.422 e. The summed E-state index contributed by atoms with van der Waals surface area (Å²) in [6.07, 6.45) is 0.486. The molecule has 0 spiro atoms. The summed E-state index contributed by atoms with van der Waals surface area (Å²) < 4.78 is 52.5. The van der Waals surface area contributed by atoms with Crippen molar-refractivity contribution >= 4 is 0 Å². The Kier molecular flexibility index (Phi) is 3.20. The zero-order valence-electron chi connectivity index (χ0n) is 7.44. The molecule has 80 valence electrons. The van der Waals surface area contributed by atoms with Crippen LogP contribution in [0, 0.1) is 18.2 Å². The van der Waals surface area contributed by atoms with Gasteiger partial charge in [0, 0.05) is 5.56 Å². The maximum Gasteiger partial charge on any atom is 0.422 e. The molecular formula is C10H6F4O. The molecule has 0 N–H and O–H groups in total. The number of halogens is 4. The topological polar surface area (TPSA) is 9.23 Å². The molecule has 0 atom stereocenters. The number of hydrogen-bond donors (Lipinski definition) is 0. The molecule has 1 aromatic carbocycles. The lowest BCUT2D eigenvalue weighted by atomic mass is 10.2. The van der Waals surface area contributed by atoms with Crippen LogP contribution in [0.3, 0.4) is 0 Å². The number of ether oxygens (including phenoxy) is 1. The molecule has 0 radical (unpaired) electrons. The third kappa shape index (κ3) is 3.50. The van der Waals surface area contributed by atoms with Crippen molar-refractivity contribution in [3.63, 3.8) is 0 Å². The van der Waals surface area contributed by atoms with Crippen LogP contribution in [0.25, 0.3) is 0 Å². The molecule has 15 heavy (non-hydrogen) atoms. The highest BCUT2D eigenvalue weighted by Gasteiger charge is 2.28. The Morgan fingerprint density at radius 3 is 2.47 bits per heavy atom. The number of benzene rings is 1. The molecule has 5 heteroatoms. The van der Waals surface area contributed by atoms with Crippen molar-refractivity contribution in [1.29, 1.82) is 0 Å². The normalized spacial score (nSPS) is 10.9. The third-order valence-corrected chi connectivity index (χ3v) is 1.49. The SMILES string of the molecule is C#Cc1ccc(OCC(F)(F)F)c(F)c1. The van der Waals surface area contributed by atoms with Crippen molar-refractivity contribution in [2.75, 3.05) is 6.61 Å². The minimum absolute atomic E-state index is 0.242. The van der Waals surface area contributed by atoms with Gasteiger partial charge in [0.1, 0.15) is 0 Å². The van der Waals surface area contributed by atoms with Gasteiger partial charge in [-0.1, -0.05) is 5.92 Å². The first-order chi connectivity index (χ1) is 6.92. The molecule has 0 saturated carbocycles. The first-order valence-corrected chi connectivity index (χ1v) is 3.88. The van der Waals surface area contributed by atoms with E-state index in [-0.39, 0.29) is 5.56 Å². The fourth-order valence-corrected chi connectivity index (χ4v) is 0.867. The number of hydrogen-bond acceptors (Lipinski definition) is 1. The van der Waals surface area contributed by atoms with E-state index in [0.29, 0.717) is 0 Å². The predicted octanol–water partition coefficient (Wildman–Crippen LogP) is 2.75. The second-order valence-corrected chi connectivity index (χ2v) is 2.69. The predicted molar refractivity (Wildman–Crippen MR) is 45.9 cm³/mol. The average Bonchev–Trinajstić information content (AvgIpc) is 2.14. The zero-order chi connectivity index (χ0) is 11.5. The molecule has 0 aromatic heterocycles. The molecule has 0 amide bonds. The van der Waals surface area contributed by atoms with Crippen molar-refractivity contribution in [3.05, 3.63) is 29.6 Å². The second-order valence-electron chi connectivity index (χ2n) is 2.69. The lowest BCUT2D eigenvalue weighted by Gasteiger charge is -2.09. The van der Waals surface area contributed by atoms with Crippen LogP contribution in [-0.2, 0) is 0 Å². The van der Waals surface area contributed by atoms with Crippen LogP contribution in [0.1, 0.15) is 5.56 Å². The summed E-state index contributed by atoms with van der Waals surface area (Å²) in [6.45, 7) is -1.53. The lowest BCUT2D eigenvalue weighted by molar-refractivity contribution is -0.153. The van der Waals surface area contributed by atoms with Crippen LogP contribution in [0.2, 0.25) is 0 Å². The Morgan fingerprint density at radius 2 is 2.00 bits per heavy atom. The Hall–Kier alpha value is -1.70. The standard InChI is InChI=1S/C10H6F4O/c1-2-7-3-4-9(8(11)5-7)15-6-10(12,13)14/h1,3-5H,6H2. The summed E-state index contributed by atoms with van der Waals surface area (Å²) >= 11 is 0. The van der Waals surface area contributed by atoms with Crippen molar-refractivity contribution < 1.29 is 22.3 Å². The number of rotatable bonds is 2. The summed E-state index contributed by atoms with van der Waals surface area (Å²) in [6, 6.07) is 3.30. The molecule has 0 fully saturated rings. The molecule has 0 bridgehead atoms. The summed E-state index contributed by atoms with van der Waals surface area (Å²) in [5.41, 5.74) is 0.242. The fourth-order valence-electron chi connectivity index (χ4n) is 0.867. The highest BCUT2D eigenvalue weighted by molar-refractivity contribution is 5.37. The maximum atomic E-state index is 13.0. The van der Waals surface area contributed by atoms with Crippen LogP contribution in [0.15, 0.2) is 18.2 Å². The van der Waals surface area contributed by atoms with Gasteiger partial charge in [-0.25, -0.2) is 4.39 Å². The van der Waals surface area contributed by atoms with E-state index in [2.05, 4.69) is 10.7 Å². The molecule has 0 aliphatic heterocycles. The van der Waals surface area contributed by atoms with E-state index in [1.165, 1.54) is 6.07 Å². The molecule has 0 heterocycles. The maximum absolute atomic E-state index is 13.0. The van der Waals surface area contributed by atoms with Crippen molar-refractivity contribution in [2.45, 2.75) is 6.18 Å². The quantitative estimate of drug-likeness (QED) is 0.547. The summed E-state index contributed by atoms with van der Waals surface area (Å²) in [4.78, 5) is 0. The van der Waals surface area contributed by atoms with E-state index in [4.69, 9.17) is 6.42 Å². The van der Waals surface area contributed by atoms with E-state index in [1.807, 2.05) is 0 Å². The molecule has 0 saturated heterocycles. The molecule has 1 nitrogen and oxygen atoms in total. The highest BCUT2D eigenvalue weighted by atomic mass is 19.4. The van der Waals surface area contributed by atoms with Gasteiger partial charge in [0.05, 0.1) is 0 Å². The average molecular weight is 218 g/mol. The highest BCUT2D eigenvalue weighted by Crippen LogP contribution is 2.21. The molecular weight excluding hydrogens is 212 g/mol. The Balaban J connectivity index is 2.76. The van der Waals surface area contributed by atoms with Crippen molar-refractivity contribution in [2.24, 2.45) is 0 Å². The summed E-state index contributed by atoms with van der Waals surface area (Å²) in [5.74, 6) is 0.776. The van der Waals surface area contributed by atoms with Gasteiger partial charge in [0.2, 0.25) is 0 Å². The molecule has 0 aliphatic carbocycles. The van der Waals surface area contributed by atoms with Gasteiger partial charge in [0.25, 0.3) is 0 Å². The van der Waals surface area contributed by atoms with Gasteiger partial charge >= 0.3 is 6.18 Å². The molecule has 1 rings (SSSR count). The van der Waals surface area contributed by atoms with E-state index in [0.717, 1.165) is 12.1 Å². The van der Waals surface area contributed by atoms with Crippen LogP contribution < -0.4 is 4.74 Å². The minimum Gasteiger partial charge on any atom is -0.481 e. The Labute approximate surface area is 83.7 Å². The first kappa shape index (κ1) is 11.4. The first-order valence-electron chi connectivity index (χ1n) is 3.88. The minimum atomic E-state index is -4.49. The number of terminal acetylenes is 1. The van der Waals surface area contributed by atoms with Crippen LogP contribution in [0.4, 0.5) is 17.6 Å². The number of alkyl halides is 3. The fraction of sp³-hybridized carbons (Fsp3) is 0.200. The van der Waals surface area contributed by atoms with Gasteiger partial charge in [-0.2, -0.15) is 13.2 Å². The van der Waals surface area contributed by atoms with Gasteiger partial charge in [-0.05, 0) is 18.2 Å². The Bertz CT molecular complexity index is 389. The second kappa shape index (κ2) is 4.22. The largest absolute Gasteiger partial charge is 0.481 e. The zero-order valence-corrected chi connectivity index (χ0v) is 7.44. The monoisotopic (exact) mass is 218 g/mol. The molecule has 0 unspecified atom stereocenters. The van der Waals surface area contributed by atoms with Crippen LogP contribution in [-0.4, -0.2) is 12.8 Å². The van der Waals surface area contributed by atoms with E-state index in [1.54, 1.807) is 0 Å². The summed E-state index contributed by atoms with van der Waals surface area (Å²) in [7, 11) is 0. The van der Waals surface area contributed by atoms with Gasteiger partial charge < -0.3 is 4.74 Å². The van der Waals surface area contributed by atoms with Gasteiger partial charge in [0.15, 0.2) is 18.2 Å². The van der Waals surface area contributed by atoms with Crippen LogP contribution >= 0.6 is 0 Å². The van der Waals surface area contributed by atoms with E-state index < -0.39 is 24.3 Å². The molecule has 0 aliphatic rings. The van der Waals surface area contributed by atoms with Crippen molar-refractivity contribution in [3.8, 4) is 18.1 Å². The van der Waals surface area contributed by atoms with Crippen molar-refractivity contribution in [1.82, 2.24) is 0 Å². The van der Waals surface area contributed by atoms with Gasteiger partial charge in [-0.3, -0.25) is 0 Å². The van der Waals surface area contributed by atoms with Crippen LogP contribution in [0.5, 0.6) is 5.75 Å². The lowest BCUT2D eigenvalue weighted by Crippen LogP contribution is -2.19. The molecule has 1 aromatic rings. The van der Waals surface area contributed by atoms with E-state index >= 15 is 0 Å². The summed E-state index contributed by atoms with van der Waals surface area (Å²) in [5, 5.41) is 0. The van der Waals surface area contributed by atoms with Gasteiger partial charge in [-0.15, -0.1) is 6.42 Å². The third-order valence-electron chi connectivity index (χ3n) is 1.49. The van der Waals surface area contributed by atoms with E-state index in [9.17, 15) is 17.6 Å². The Morgan fingerprint density at radius 1 is 1.33 bits per heavy atom.